The zero-order chi connectivity index (χ0) is 18.6. The van der Waals surface area contributed by atoms with Crippen LogP contribution in [-0.2, 0) is 13.6 Å². The number of aryl methyl sites for hydroxylation is 1. The van der Waals surface area contributed by atoms with E-state index in [1.165, 1.54) is 12.0 Å². The average molecular weight is 365 g/mol. The molecule has 3 aromatic rings. The fourth-order valence-corrected chi connectivity index (χ4v) is 3.46. The zero-order valence-corrected chi connectivity index (χ0v) is 15.4. The topological polar surface area (TPSA) is 67.4 Å². The van der Waals surface area contributed by atoms with E-state index in [1.807, 2.05) is 53.3 Å². The van der Waals surface area contributed by atoms with Crippen LogP contribution in [0.5, 0.6) is 0 Å². The average Bonchev–Trinajstić information content (AvgIpc) is 3.30. The maximum absolute atomic E-state index is 12.9. The normalized spacial score (nSPS) is 15.7. The molecule has 3 heterocycles. The standard InChI is InChI=1S/C20H23N5O2/c1-23-13-16(11-22-23)14-24-7-2-8-25(10-9-24)20(26)18-5-3-17(4-6-18)19-12-21-15-27-19/h3-6,11-13,15H,2,7-10,14H2,1H3. The van der Waals surface area contributed by atoms with Gasteiger partial charge < -0.3 is 9.32 Å². The van der Waals surface area contributed by atoms with Crippen molar-refractivity contribution in [2.75, 3.05) is 26.2 Å². The first kappa shape index (κ1) is 17.5. The fourth-order valence-electron chi connectivity index (χ4n) is 3.46. The third-order valence-electron chi connectivity index (χ3n) is 4.89. The first-order valence-corrected chi connectivity index (χ1v) is 9.17. The van der Waals surface area contributed by atoms with Crippen molar-refractivity contribution in [2.24, 2.45) is 7.05 Å². The van der Waals surface area contributed by atoms with Gasteiger partial charge in [0.1, 0.15) is 0 Å². The number of oxazole rings is 1. The lowest BCUT2D eigenvalue weighted by molar-refractivity contribution is 0.0761. The van der Waals surface area contributed by atoms with Gasteiger partial charge in [-0.2, -0.15) is 5.10 Å². The molecule has 0 saturated carbocycles. The van der Waals surface area contributed by atoms with E-state index in [0.717, 1.165) is 44.7 Å². The molecule has 1 fully saturated rings. The van der Waals surface area contributed by atoms with Crippen LogP contribution in [0.25, 0.3) is 11.3 Å². The summed E-state index contributed by atoms with van der Waals surface area (Å²) in [6, 6.07) is 7.53. The summed E-state index contributed by atoms with van der Waals surface area (Å²) in [6.45, 7) is 4.26. The number of hydrogen-bond acceptors (Lipinski definition) is 5. The Balaban J connectivity index is 1.37. The Bertz CT molecular complexity index is 886. The Morgan fingerprint density at radius 3 is 2.67 bits per heavy atom. The molecule has 7 nitrogen and oxygen atoms in total. The fraction of sp³-hybridized carbons (Fsp3) is 0.350. The smallest absolute Gasteiger partial charge is 0.253 e. The molecule has 4 rings (SSSR count). The molecule has 1 amide bonds. The minimum atomic E-state index is 0.0855. The van der Waals surface area contributed by atoms with E-state index in [4.69, 9.17) is 4.42 Å². The molecule has 2 aromatic heterocycles. The number of amides is 1. The second-order valence-corrected chi connectivity index (χ2v) is 6.89. The van der Waals surface area contributed by atoms with Crippen molar-refractivity contribution in [3.8, 4) is 11.3 Å². The molecule has 1 aromatic carbocycles. The van der Waals surface area contributed by atoms with E-state index in [9.17, 15) is 4.79 Å². The molecule has 140 valence electrons. The lowest BCUT2D eigenvalue weighted by Gasteiger charge is -2.22. The summed E-state index contributed by atoms with van der Waals surface area (Å²) < 4.78 is 7.12. The minimum absolute atomic E-state index is 0.0855. The quantitative estimate of drug-likeness (QED) is 0.710. The predicted molar refractivity (Wildman–Crippen MR) is 101 cm³/mol. The third-order valence-corrected chi connectivity index (χ3v) is 4.89. The summed E-state index contributed by atoms with van der Waals surface area (Å²) in [5.41, 5.74) is 2.84. The number of carbonyl (C=O) groups is 1. The van der Waals surface area contributed by atoms with Gasteiger partial charge in [0.05, 0.1) is 12.4 Å². The Morgan fingerprint density at radius 2 is 1.96 bits per heavy atom. The molecule has 1 aliphatic rings. The Hall–Kier alpha value is -2.93. The summed E-state index contributed by atoms with van der Waals surface area (Å²) in [7, 11) is 1.93. The van der Waals surface area contributed by atoms with Gasteiger partial charge in [0.2, 0.25) is 0 Å². The van der Waals surface area contributed by atoms with Gasteiger partial charge in [-0.15, -0.1) is 0 Å². The monoisotopic (exact) mass is 365 g/mol. The summed E-state index contributed by atoms with van der Waals surface area (Å²) in [4.78, 5) is 21.1. The lowest BCUT2D eigenvalue weighted by atomic mass is 10.1. The summed E-state index contributed by atoms with van der Waals surface area (Å²) in [5.74, 6) is 0.789. The van der Waals surface area contributed by atoms with E-state index in [1.54, 1.807) is 6.20 Å². The maximum atomic E-state index is 12.9. The van der Waals surface area contributed by atoms with Crippen LogP contribution in [0, 0.1) is 0 Å². The van der Waals surface area contributed by atoms with E-state index in [-0.39, 0.29) is 5.91 Å². The molecule has 0 radical (unpaired) electrons. The number of benzene rings is 1. The predicted octanol–water partition coefficient (Wildman–Crippen LogP) is 2.42. The van der Waals surface area contributed by atoms with Crippen LogP contribution >= 0.6 is 0 Å². The van der Waals surface area contributed by atoms with E-state index >= 15 is 0 Å². The Morgan fingerprint density at radius 1 is 1.11 bits per heavy atom. The van der Waals surface area contributed by atoms with Crippen LogP contribution in [0.2, 0.25) is 0 Å². The Labute approximate surface area is 158 Å². The van der Waals surface area contributed by atoms with Crippen molar-refractivity contribution < 1.29 is 9.21 Å². The van der Waals surface area contributed by atoms with E-state index in [2.05, 4.69) is 15.0 Å². The number of hydrogen-bond donors (Lipinski definition) is 0. The number of carbonyl (C=O) groups excluding carboxylic acids is 1. The van der Waals surface area contributed by atoms with Crippen molar-refractivity contribution in [3.05, 3.63) is 60.4 Å². The molecule has 7 heteroatoms. The van der Waals surface area contributed by atoms with Gasteiger partial charge >= 0.3 is 0 Å². The van der Waals surface area contributed by atoms with Crippen molar-refractivity contribution in [1.29, 1.82) is 0 Å². The van der Waals surface area contributed by atoms with Gasteiger partial charge in [-0.05, 0) is 18.6 Å². The van der Waals surface area contributed by atoms with E-state index < -0.39 is 0 Å². The highest BCUT2D eigenvalue weighted by molar-refractivity contribution is 5.94. The molecule has 0 bridgehead atoms. The first-order valence-electron chi connectivity index (χ1n) is 9.17. The second-order valence-electron chi connectivity index (χ2n) is 6.89. The molecule has 0 aliphatic carbocycles. The number of rotatable bonds is 4. The molecule has 1 saturated heterocycles. The molecule has 0 spiro atoms. The summed E-state index contributed by atoms with van der Waals surface area (Å²) in [6.07, 6.45) is 8.00. The summed E-state index contributed by atoms with van der Waals surface area (Å²) in [5, 5.41) is 4.23. The highest BCUT2D eigenvalue weighted by Crippen LogP contribution is 2.20. The number of nitrogens with zero attached hydrogens (tertiary/aromatic N) is 5. The highest BCUT2D eigenvalue weighted by atomic mass is 16.3. The van der Waals surface area contributed by atoms with Crippen LogP contribution in [0.15, 0.2) is 53.7 Å². The van der Waals surface area contributed by atoms with Gasteiger partial charge in [0, 0.05) is 62.7 Å². The van der Waals surface area contributed by atoms with Gasteiger partial charge in [0.25, 0.3) is 5.91 Å². The van der Waals surface area contributed by atoms with E-state index in [0.29, 0.717) is 11.3 Å². The summed E-state index contributed by atoms with van der Waals surface area (Å²) >= 11 is 0. The lowest BCUT2D eigenvalue weighted by Crippen LogP contribution is -2.35. The van der Waals surface area contributed by atoms with Crippen LogP contribution in [0.1, 0.15) is 22.3 Å². The molecule has 1 aliphatic heterocycles. The maximum Gasteiger partial charge on any atom is 0.253 e. The van der Waals surface area contributed by atoms with Gasteiger partial charge in [0.15, 0.2) is 12.2 Å². The molecular formula is C20H23N5O2. The molecular weight excluding hydrogens is 342 g/mol. The van der Waals surface area contributed by atoms with Gasteiger partial charge in [-0.3, -0.25) is 14.4 Å². The zero-order valence-electron chi connectivity index (χ0n) is 15.4. The van der Waals surface area contributed by atoms with Crippen molar-refractivity contribution in [3.63, 3.8) is 0 Å². The molecule has 27 heavy (non-hydrogen) atoms. The van der Waals surface area contributed by atoms with Crippen LogP contribution < -0.4 is 0 Å². The first-order chi connectivity index (χ1) is 13.2. The molecule has 0 atom stereocenters. The van der Waals surface area contributed by atoms with Crippen molar-refractivity contribution >= 4 is 5.91 Å². The van der Waals surface area contributed by atoms with Crippen LogP contribution in [0.4, 0.5) is 0 Å². The van der Waals surface area contributed by atoms with Crippen molar-refractivity contribution in [2.45, 2.75) is 13.0 Å². The largest absolute Gasteiger partial charge is 0.444 e. The van der Waals surface area contributed by atoms with Crippen LogP contribution in [0.3, 0.4) is 0 Å². The van der Waals surface area contributed by atoms with Crippen LogP contribution in [-0.4, -0.2) is 56.7 Å². The van der Waals surface area contributed by atoms with Gasteiger partial charge in [-0.1, -0.05) is 12.1 Å². The van der Waals surface area contributed by atoms with Crippen molar-refractivity contribution in [1.82, 2.24) is 24.6 Å². The molecule has 0 N–H and O–H groups in total. The Kier molecular flexibility index (Phi) is 5.02. The van der Waals surface area contributed by atoms with Gasteiger partial charge in [-0.25, -0.2) is 4.98 Å². The number of aromatic nitrogens is 3. The third kappa shape index (κ3) is 4.09. The molecule has 0 unspecified atom stereocenters. The second kappa shape index (κ2) is 7.75. The minimum Gasteiger partial charge on any atom is -0.444 e. The SMILES string of the molecule is Cn1cc(CN2CCCN(C(=O)c3ccc(-c4cnco4)cc3)CC2)cn1. The highest BCUT2D eigenvalue weighted by Gasteiger charge is 2.20.